The van der Waals surface area contributed by atoms with Crippen molar-refractivity contribution in [3.63, 3.8) is 0 Å². The van der Waals surface area contributed by atoms with E-state index < -0.39 is 29.0 Å². The van der Waals surface area contributed by atoms with Gasteiger partial charge < -0.3 is 16.0 Å². The van der Waals surface area contributed by atoms with Crippen LogP contribution in [0.1, 0.15) is 42.5 Å². The Morgan fingerprint density at radius 1 is 1.12 bits per heavy atom. The number of anilines is 2. The van der Waals surface area contributed by atoms with Crippen LogP contribution in [0.25, 0.3) is 0 Å². The molecule has 0 saturated carbocycles. The van der Waals surface area contributed by atoms with Crippen molar-refractivity contribution in [2.75, 3.05) is 23.3 Å². The average molecular weight is 458 g/mol. The maximum Gasteiger partial charge on any atom is 0.251 e. The van der Waals surface area contributed by atoms with E-state index in [4.69, 9.17) is 5.73 Å². The summed E-state index contributed by atoms with van der Waals surface area (Å²) >= 11 is 1.01. The van der Waals surface area contributed by atoms with E-state index in [-0.39, 0.29) is 10.6 Å². The number of thioether (sulfide) groups is 1. The molecule has 2 unspecified atom stereocenters. The number of aliphatic imine (C=N–C) groups is 1. The molecule has 168 valence electrons. The Labute approximate surface area is 189 Å². The molecule has 1 amide bonds. The van der Waals surface area contributed by atoms with E-state index in [2.05, 4.69) is 20.2 Å². The first kappa shape index (κ1) is 21.3. The summed E-state index contributed by atoms with van der Waals surface area (Å²) in [7, 11) is 0. The first-order valence-corrected chi connectivity index (χ1v) is 11.9. The molecular formula is C23H25F2N5OS. The number of carbonyl (C=O) groups excluding carboxylic acids is 1. The van der Waals surface area contributed by atoms with Gasteiger partial charge in [-0.2, -0.15) is 0 Å². The molecule has 3 N–H and O–H groups in total. The molecule has 32 heavy (non-hydrogen) atoms. The SMILES string of the molecule is NC1SC(c2c(F)cccc2F)=NC1C(=O)Nc1cnc2c(c1N1CCCCC1)CCC2. The summed E-state index contributed by atoms with van der Waals surface area (Å²) in [6.07, 6.45) is 8.14. The highest BCUT2D eigenvalue weighted by Gasteiger charge is 2.36. The summed E-state index contributed by atoms with van der Waals surface area (Å²) in [6.45, 7) is 1.90. The number of amides is 1. The number of hydrogen-bond donors (Lipinski definition) is 2. The third-order valence-electron chi connectivity index (χ3n) is 6.27. The molecule has 1 saturated heterocycles. The molecule has 2 aromatic rings. The molecular weight excluding hydrogens is 432 g/mol. The summed E-state index contributed by atoms with van der Waals surface area (Å²) in [4.78, 5) is 24.4. The summed E-state index contributed by atoms with van der Waals surface area (Å²) in [5.74, 6) is -1.84. The van der Waals surface area contributed by atoms with Crippen LogP contribution in [0.15, 0.2) is 29.4 Å². The van der Waals surface area contributed by atoms with Crippen LogP contribution in [0.4, 0.5) is 20.2 Å². The fourth-order valence-electron chi connectivity index (χ4n) is 4.73. The quantitative estimate of drug-likeness (QED) is 0.733. The van der Waals surface area contributed by atoms with E-state index >= 15 is 0 Å². The fourth-order valence-corrected chi connectivity index (χ4v) is 5.78. The standard InChI is InChI=1S/C23H25F2N5OS/c24-14-7-5-8-15(25)18(14)23-29-19(21(26)32-23)22(31)28-17-12-27-16-9-4-6-13(16)20(17)30-10-2-1-3-11-30/h5,7-8,12,19,21H,1-4,6,9-11,26H2,(H,28,31). The second kappa shape index (κ2) is 8.78. The van der Waals surface area contributed by atoms with Crippen LogP contribution < -0.4 is 16.0 Å². The number of nitrogens with one attached hydrogen (secondary N) is 1. The minimum Gasteiger partial charge on any atom is -0.370 e. The molecule has 1 aromatic carbocycles. The lowest BCUT2D eigenvalue weighted by molar-refractivity contribution is -0.117. The average Bonchev–Trinajstić information content (AvgIpc) is 3.40. The Hall–Kier alpha value is -2.52. The fraction of sp³-hybridized carbons (Fsp3) is 0.435. The molecule has 9 heteroatoms. The largest absolute Gasteiger partial charge is 0.370 e. The molecule has 2 aliphatic heterocycles. The minimum absolute atomic E-state index is 0.108. The molecule has 1 aromatic heterocycles. The van der Waals surface area contributed by atoms with Gasteiger partial charge in [0.1, 0.15) is 16.7 Å². The number of piperidine rings is 1. The Morgan fingerprint density at radius 3 is 2.62 bits per heavy atom. The van der Waals surface area contributed by atoms with Gasteiger partial charge in [0.2, 0.25) is 0 Å². The molecule has 1 aliphatic carbocycles. The molecule has 1 fully saturated rings. The van der Waals surface area contributed by atoms with Gasteiger partial charge in [-0.3, -0.25) is 14.8 Å². The van der Waals surface area contributed by atoms with Crippen molar-refractivity contribution in [1.82, 2.24) is 4.98 Å². The van der Waals surface area contributed by atoms with Crippen LogP contribution in [-0.2, 0) is 17.6 Å². The predicted octanol–water partition coefficient (Wildman–Crippen LogP) is 3.62. The number of rotatable bonds is 4. The number of hydrogen-bond acceptors (Lipinski definition) is 6. The van der Waals surface area contributed by atoms with Gasteiger partial charge in [-0.25, -0.2) is 8.78 Å². The Kier molecular flexibility index (Phi) is 5.86. The Balaban J connectivity index is 1.43. The molecule has 6 nitrogen and oxygen atoms in total. The predicted molar refractivity (Wildman–Crippen MR) is 123 cm³/mol. The molecule has 0 spiro atoms. The molecule has 0 bridgehead atoms. The van der Waals surface area contributed by atoms with Crippen molar-refractivity contribution in [3.8, 4) is 0 Å². The van der Waals surface area contributed by atoms with Crippen molar-refractivity contribution in [2.24, 2.45) is 10.7 Å². The normalized spacial score (nSPS) is 22.6. The highest BCUT2D eigenvalue weighted by atomic mass is 32.2. The van der Waals surface area contributed by atoms with E-state index in [0.29, 0.717) is 5.69 Å². The van der Waals surface area contributed by atoms with E-state index in [9.17, 15) is 13.6 Å². The number of nitrogens with zero attached hydrogens (tertiary/aromatic N) is 3. The van der Waals surface area contributed by atoms with Gasteiger partial charge in [-0.15, -0.1) is 0 Å². The van der Waals surface area contributed by atoms with Crippen LogP contribution in [0, 0.1) is 11.6 Å². The third kappa shape index (κ3) is 3.88. The zero-order valence-corrected chi connectivity index (χ0v) is 18.4. The van der Waals surface area contributed by atoms with Crippen molar-refractivity contribution >= 4 is 34.1 Å². The third-order valence-corrected chi connectivity index (χ3v) is 7.33. The van der Waals surface area contributed by atoms with Crippen LogP contribution in [-0.4, -0.2) is 40.4 Å². The number of pyridine rings is 1. The highest BCUT2D eigenvalue weighted by molar-refractivity contribution is 8.15. The summed E-state index contributed by atoms with van der Waals surface area (Å²) in [5.41, 5.74) is 9.95. The molecule has 3 heterocycles. The Bertz CT molecular complexity index is 1070. The number of benzene rings is 1. The van der Waals surface area contributed by atoms with Gasteiger partial charge in [-0.05, 0) is 56.2 Å². The van der Waals surface area contributed by atoms with Crippen molar-refractivity contribution in [1.29, 1.82) is 0 Å². The van der Waals surface area contributed by atoms with E-state index in [0.717, 1.165) is 68.3 Å². The van der Waals surface area contributed by atoms with E-state index in [1.54, 1.807) is 6.20 Å². The number of fused-ring (bicyclic) bond motifs is 1. The van der Waals surface area contributed by atoms with Gasteiger partial charge in [0.05, 0.1) is 28.5 Å². The first-order chi connectivity index (χ1) is 15.5. The number of halogens is 2. The van der Waals surface area contributed by atoms with Gasteiger partial charge >= 0.3 is 0 Å². The number of nitrogens with two attached hydrogens (primary N) is 1. The lowest BCUT2D eigenvalue weighted by atomic mass is 10.1. The van der Waals surface area contributed by atoms with E-state index in [1.165, 1.54) is 30.2 Å². The zero-order chi connectivity index (χ0) is 22.2. The number of carbonyl (C=O) groups is 1. The smallest absolute Gasteiger partial charge is 0.251 e. The Morgan fingerprint density at radius 2 is 1.88 bits per heavy atom. The minimum atomic E-state index is -0.948. The van der Waals surface area contributed by atoms with Crippen LogP contribution in [0.5, 0.6) is 0 Å². The van der Waals surface area contributed by atoms with E-state index in [1.807, 2.05) is 0 Å². The van der Waals surface area contributed by atoms with Gasteiger partial charge in [-0.1, -0.05) is 17.8 Å². The lowest BCUT2D eigenvalue weighted by Gasteiger charge is -2.32. The molecule has 3 aliphatic rings. The van der Waals surface area contributed by atoms with Crippen LogP contribution in [0.2, 0.25) is 0 Å². The summed E-state index contributed by atoms with van der Waals surface area (Å²) in [6, 6.07) is 2.68. The van der Waals surface area contributed by atoms with Gasteiger partial charge in [0, 0.05) is 18.8 Å². The van der Waals surface area contributed by atoms with Crippen LogP contribution in [0.3, 0.4) is 0 Å². The summed E-state index contributed by atoms with van der Waals surface area (Å²) in [5, 5.41) is 2.36. The first-order valence-electron chi connectivity index (χ1n) is 11.0. The monoisotopic (exact) mass is 457 g/mol. The van der Waals surface area contributed by atoms with Gasteiger partial charge in [0.25, 0.3) is 5.91 Å². The van der Waals surface area contributed by atoms with Crippen molar-refractivity contribution < 1.29 is 13.6 Å². The topological polar surface area (TPSA) is 83.6 Å². The number of aryl methyl sites for hydroxylation is 1. The van der Waals surface area contributed by atoms with Crippen molar-refractivity contribution in [3.05, 3.63) is 52.9 Å². The highest BCUT2D eigenvalue weighted by Crippen LogP contribution is 2.38. The molecule has 0 radical (unpaired) electrons. The van der Waals surface area contributed by atoms with Gasteiger partial charge in [0.15, 0.2) is 6.04 Å². The number of aromatic nitrogens is 1. The maximum atomic E-state index is 14.2. The zero-order valence-electron chi connectivity index (χ0n) is 17.6. The van der Waals surface area contributed by atoms with Crippen molar-refractivity contribution in [2.45, 2.75) is 49.9 Å². The second-order valence-electron chi connectivity index (χ2n) is 8.39. The lowest BCUT2D eigenvalue weighted by Crippen LogP contribution is -2.38. The summed E-state index contributed by atoms with van der Waals surface area (Å²) < 4.78 is 28.4. The molecule has 2 atom stereocenters. The second-order valence-corrected chi connectivity index (χ2v) is 9.56. The maximum absolute atomic E-state index is 14.2. The molecule has 5 rings (SSSR count). The van der Waals surface area contributed by atoms with Crippen LogP contribution >= 0.6 is 11.8 Å².